The van der Waals surface area contributed by atoms with E-state index < -0.39 is 45.1 Å². The van der Waals surface area contributed by atoms with Gasteiger partial charge >= 0.3 is 19.8 Å². The number of esters is 1. The van der Waals surface area contributed by atoms with Crippen LogP contribution in [0.4, 0.5) is 0 Å². The molecule has 0 aliphatic rings. The van der Waals surface area contributed by atoms with Gasteiger partial charge in [-0.2, -0.15) is 0 Å². The molecular formula is C47H90NO9P. The molecule has 0 aromatic rings. The number of carboxylic acids is 1. The van der Waals surface area contributed by atoms with Crippen LogP contribution in [0.25, 0.3) is 0 Å². The van der Waals surface area contributed by atoms with E-state index in [4.69, 9.17) is 29.4 Å². The van der Waals surface area contributed by atoms with Crippen LogP contribution in [0.15, 0.2) is 24.3 Å². The van der Waals surface area contributed by atoms with Crippen LogP contribution in [0.2, 0.25) is 0 Å². The molecule has 0 fully saturated rings. The van der Waals surface area contributed by atoms with E-state index in [-0.39, 0.29) is 13.0 Å². The molecule has 0 radical (unpaired) electrons. The number of carbonyl (C=O) groups is 2. The summed E-state index contributed by atoms with van der Waals surface area (Å²) in [6.45, 7) is 3.86. The second-order valence-electron chi connectivity index (χ2n) is 16.2. The number of carboxylic acid groups (broad SMARTS) is 1. The van der Waals surface area contributed by atoms with E-state index in [9.17, 15) is 19.0 Å². The van der Waals surface area contributed by atoms with Gasteiger partial charge in [-0.15, -0.1) is 0 Å². The number of unbranched alkanes of at least 4 members (excludes halogenated alkanes) is 28. The first kappa shape index (κ1) is 56.5. The van der Waals surface area contributed by atoms with Gasteiger partial charge in [-0.05, 0) is 38.5 Å². The summed E-state index contributed by atoms with van der Waals surface area (Å²) in [5, 5.41) is 8.91. The highest BCUT2D eigenvalue weighted by Crippen LogP contribution is 2.43. The summed E-state index contributed by atoms with van der Waals surface area (Å²) in [7, 11) is -4.62. The second kappa shape index (κ2) is 43.5. The number of hydrogen-bond acceptors (Lipinski definition) is 8. The van der Waals surface area contributed by atoms with E-state index in [1.807, 2.05) is 0 Å². The van der Waals surface area contributed by atoms with E-state index in [1.165, 1.54) is 154 Å². The average molecular weight is 844 g/mol. The van der Waals surface area contributed by atoms with Crippen molar-refractivity contribution in [3.05, 3.63) is 24.3 Å². The van der Waals surface area contributed by atoms with Crippen LogP contribution in [0.1, 0.15) is 226 Å². The Kier molecular flexibility index (Phi) is 42.4. The summed E-state index contributed by atoms with van der Waals surface area (Å²) in [4.78, 5) is 33.6. The molecule has 3 atom stereocenters. The number of hydrogen-bond donors (Lipinski definition) is 3. The van der Waals surface area contributed by atoms with Crippen LogP contribution in [-0.2, 0) is 32.7 Å². The lowest BCUT2D eigenvalue weighted by molar-refractivity contribution is -0.154. The maximum Gasteiger partial charge on any atom is 0.472 e. The number of aliphatic carboxylic acids is 1. The van der Waals surface area contributed by atoms with Gasteiger partial charge in [0.15, 0.2) is 0 Å². The van der Waals surface area contributed by atoms with E-state index in [1.54, 1.807) is 0 Å². The van der Waals surface area contributed by atoms with Crippen LogP contribution in [0.5, 0.6) is 0 Å². The van der Waals surface area contributed by atoms with Crippen LogP contribution in [0, 0.1) is 0 Å². The first-order chi connectivity index (χ1) is 28.2. The number of nitrogens with two attached hydrogens (primary N) is 1. The Labute approximate surface area is 355 Å². The summed E-state index contributed by atoms with van der Waals surface area (Å²) in [6, 6.07) is -1.47. The zero-order valence-corrected chi connectivity index (χ0v) is 38.3. The van der Waals surface area contributed by atoms with Crippen molar-refractivity contribution < 1.29 is 42.7 Å². The van der Waals surface area contributed by atoms with Crippen molar-refractivity contribution in [3.63, 3.8) is 0 Å². The van der Waals surface area contributed by atoms with Gasteiger partial charge in [0.25, 0.3) is 0 Å². The summed E-state index contributed by atoms with van der Waals surface area (Å²) < 4.78 is 33.4. The Hall–Kier alpha value is -1.55. The quantitative estimate of drug-likeness (QED) is 0.0233. The topological polar surface area (TPSA) is 155 Å². The molecule has 3 unspecified atom stereocenters. The minimum atomic E-state index is -4.62. The average Bonchev–Trinajstić information content (AvgIpc) is 3.20. The number of phosphoric ester groups is 1. The molecule has 11 heteroatoms. The van der Waals surface area contributed by atoms with Gasteiger partial charge in [0, 0.05) is 13.0 Å². The standard InChI is InChI=1S/C47H90NO9P/c1-3-5-7-9-11-13-15-17-19-20-21-22-23-24-25-27-29-31-33-35-37-39-46(49)57-44(42-55-58(52,53)56-43-45(48)47(50)51)41-54-40-38-36-34-32-30-28-26-18-16-14-12-10-8-6-4-2/h10,12,16,18,44-45H,3-9,11,13-15,17,19-43,48H2,1-2H3,(H,50,51)(H,52,53)/b12-10-,18-16-. The van der Waals surface area contributed by atoms with Crippen LogP contribution in [0.3, 0.4) is 0 Å². The Morgan fingerprint density at radius 2 is 0.966 bits per heavy atom. The molecule has 0 aromatic carbocycles. The second-order valence-corrected chi connectivity index (χ2v) is 17.7. The molecule has 0 bridgehead atoms. The Morgan fingerprint density at radius 1 is 0.552 bits per heavy atom. The number of allylic oxidation sites excluding steroid dienone is 4. The highest BCUT2D eigenvalue weighted by Gasteiger charge is 2.27. The van der Waals surface area contributed by atoms with Gasteiger partial charge < -0.3 is 25.2 Å². The third-order valence-electron chi connectivity index (χ3n) is 10.5. The van der Waals surface area contributed by atoms with Crippen LogP contribution < -0.4 is 5.73 Å². The molecular weight excluding hydrogens is 753 g/mol. The van der Waals surface area contributed by atoms with Gasteiger partial charge in [0.1, 0.15) is 12.1 Å². The monoisotopic (exact) mass is 844 g/mol. The normalized spacial score (nSPS) is 14.0. The lowest BCUT2D eigenvalue weighted by Gasteiger charge is -2.20. The van der Waals surface area contributed by atoms with Gasteiger partial charge in [-0.1, -0.05) is 205 Å². The zero-order chi connectivity index (χ0) is 42.6. The fraction of sp³-hybridized carbons (Fsp3) is 0.872. The van der Waals surface area contributed by atoms with Gasteiger partial charge in [0.05, 0.1) is 19.8 Å². The van der Waals surface area contributed by atoms with Gasteiger partial charge in [0.2, 0.25) is 0 Å². The van der Waals surface area contributed by atoms with Crippen LogP contribution in [-0.4, -0.2) is 60.5 Å². The maximum atomic E-state index is 12.7. The Morgan fingerprint density at radius 3 is 1.45 bits per heavy atom. The largest absolute Gasteiger partial charge is 0.480 e. The van der Waals surface area contributed by atoms with E-state index in [0.29, 0.717) is 13.0 Å². The highest BCUT2D eigenvalue weighted by atomic mass is 31.2. The van der Waals surface area contributed by atoms with Crippen molar-refractivity contribution in [2.24, 2.45) is 5.73 Å². The van der Waals surface area contributed by atoms with Gasteiger partial charge in [-0.25, -0.2) is 4.57 Å². The molecule has 0 aliphatic carbocycles. The van der Waals surface area contributed by atoms with Crippen molar-refractivity contribution >= 4 is 19.8 Å². The lowest BCUT2D eigenvalue weighted by atomic mass is 10.0. The molecule has 10 nitrogen and oxygen atoms in total. The van der Waals surface area contributed by atoms with Crippen molar-refractivity contribution in [2.45, 2.75) is 238 Å². The molecule has 342 valence electrons. The van der Waals surface area contributed by atoms with Crippen molar-refractivity contribution in [2.75, 3.05) is 26.4 Å². The predicted molar refractivity (Wildman–Crippen MR) is 240 cm³/mol. The van der Waals surface area contributed by atoms with Gasteiger partial charge in [-0.3, -0.25) is 18.6 Å². The highest BCUT2D eigenvalue weighted by molar-refractivity contribution is 7.47. The van der Waals surface area contributed by atoms with E-state index in [2.05, 4.69) is 38.2 Å². The maximum absolute atomic E-state index is 12.7. The molecule has 0 aromatic heterocycles. The molecule has 0 heterocycles. The first-order valence-corrected chi connectivity index (χ1v) is 25.4. The Balaban J connectivity index is 4.14. The molecule has 0 amide bonds. The Bertz CT molecular complexity index is 1020. The summed E-state index contributed by atoms with van der Waals surface area (Å²) in [5.41, 5.74) is 5.36. The molecule has 0 aliphatic heterocycles. The molecule has 0 saturated carbocycles. The lowest BCUT2D eigenvalue weighted by Crippen LogP contribution is -2.34. The van der Waals surface area contributed by atoms with E-state index in [0.717, 1.165) is 44.9 Å². The first-order valence-electron chi connectivity index (χ1n) is 23.9. The summed E-state index contributed by atoms with van der Waals surface area (Å²) >= 11 is 0. The predicted octanol–water partition coefficient (Wildman–Crippen LogP) is 13.5. The van der Waals surface area contributed by atoms with E-state index >= 15 is 0 Å². The molecule has 58 heavy (non-hydrogen) atoms. The third kappa shape index (κ3) is 42.6. The molecule has 0 spiro atoms. The molecule has 0 saturated heterocycles. The number of phosphoric acid groups is 1. The number of rotatable bonds is 46. The minimum Gasteiger partial charge on any atom is -0.480 e. The SMILES string of the molecule is CCCC/C=C\C/C=C\CCCCCCCCOCC(COP(=O)(O)OCC(N)C(=O)O)OC(=O)CCCCCCCCCCCCCCCCCCCCCCC. The number of ether oxygens (including phenoxy) is 2. The number of carbonyl (C=O) groups excluding carboxylic acids is 1. The fourth-order valence-corrected chi connectivity index (χ4v) is 7.52. The molecule has 4 N–H and O–H groups in total. The smallest absolute Gasteiger partial charge is 0.472 e. The third-order valence-corrected chi connectivity index (χ3v) is 11.4. The zero-order valence-electron chi connectivity index (χ0n) is 37.4. The minimum absolute atomic E-state index is 0.0137. The molecule has 0 rings (SSSR count). The van der Waals surface area contributed by atoms with Crippen molar-refractivity contribution in [1.82, 2.24) is 0 Å². The van der Waals surface area contributed by atoms with Crippen molar-refractivity contribution in [1.29, 1.82) is 0 Å². The fourth-order valence-electron chi connectivity index (χ4n) is 6.74. The van der Waals surface area contributed by atoms with Crippen molar-refractivity contribution in [3.8, 4) is 0 Å². The summed E-state index contributed by atoms with van der Waals surface area (Å²) in [5.74, 6) is -1.77. The summed E-state index contributed by atoms with van der Waals surface area (Å²) in [6.07, 6.45) is 48.0. The van der Waals surface area contributed by atoms with Crippen LogP contribution >= 0.6 is 7.82 Å².